The van der Waals surface area contributed by atoms with E-state index in [-0.39, 0.29) is 21.4 Å². The number of hydrogen-bond donors (Lipinski definition) is 1. The quantitative estimate of drug-likeness (QED) is 0.586. The highest BCUT2D eigenvalue weighted by Gasteiger charge is 2.36. The number of nitrogens with one attached hydrogen (secondary N) is 1. The van der Waals surface area contributed by atoms with Gasteiger partial charge in [-0.05, 0) is 0 Å². The van der Waals surface area contributed by atoms with Gasteiger partial charge in [-0.2, -0.15) is 5.12 Å². The van der Waals surface area contributed by atoms with E-state index in [1.165, 1.54) is 37.8 Å². The summed E-state index contributed by atoms with van der Waals surface area (Å²) in [5, 5.41) is 29.9. The Morgan fingerprint density at radius 3 is 2.08 bits per heavy atom. The van der Waals surface area contributed by atoms with Crippen LogP contribution >= 0.6 is 22.7 Å². The first-order chi connectivity index (χ1) is 12.0. The number of ether oxygens (including phenoxy) is 2. The molecule has 0 fully saturated rings. The summed E-state index contributed by atoms with van der Waals surface area (Å²) in [6.45, 7) is 0. The third-order valence-corrected chi connectivity index (χ3v) is 5.16. The van der Waals surface area contributed by atoms with Crippen LogP contribution < -0.4 is 25.1 Å². The molecule has 25 heavy (non-hydrogen) atoms. The molecule has 0 saturated carbocycles. The summed E-state index contributed by atoms with van der Waals surface area (Å²) < 4.78 is 10.1. The lowest BCUT2D eigenvalue weighted by molar-refractivity contribution is -0.384. The van der Waals surface area contributed by atoms with E-state index in [9.17, 15) is 20.2 Å². The fraction of sp³-hybridized carbons (Fsp3) is 0.182. The highest BCUT2D eigenvalue weighted by Crippen LogP contribution is 2.47. The van der Waals surface area contributed by atoms with Crippen molar-refractivity contribution in [3.8, 4) is 10.1 Å². The summed E-state index contributed by atoms with van der Waals surface area (Å²) in [5.41, 5.74) is 2.25. The normalized spacial score (nSPS) is 13.0. The molecule has 0 atom stereocenters. The van der Waals surface area contributed by atoms with Gasteiger partial charge in [0.25, 0.3) is 0 Å². The Morgan fingerprint density at radius 1 is 1.04 bits per heavy atom. The van der Waals surface area contributed by atoms with Crippen LogP contribution in [-0.4, -0.2) is 30.4 Å². The monoisotopic (exact) mass is 386 g/mol. The summed E-state index contributed by atoms with van der Waals surface area (Å²) >= 11 is 1.97. The molecular formula is C11H10N6O6S2. The van der Waals surface area contributed by atoms with Crippen molar-refractivity contribution in [1.82, 2.24) is 5.43 Å². The molecule has 0 bridgehead atoms. The van der Waals surface area contributed by atoms with Crippen LogP contribution in [0.5, 0.6) is 10.1 Å². The van der Waals surface area contributed by atoms with E-state index in [0.717, 1.165) is 27.8 Å². The van der Waals surface area contributed by atoms with Crippen LogP contribution in [0.4, 0.5) is 21.4 Å². The topological polar surface area (TPSA) is 136 Å². The molecule has 0 aromatic carbocycles. The predicted molar refractivity (Wildman–Crippen MR) is 91.6 cm³/mol. The Morgan fingerprint density at radius 2 is 1.56 bits per heavy atom. The van der Waals surface area contributed by atoms with Gasteiger partial charge < -0.3 is 9.47 Å². The molecule has 3 rings (SSSR count). The molecular weight excluding hydrogens is 376 g/mol. The first-order valence-corrected chi connectivity index (χ1v) is 8.12. The van der Waals surface area contributed by atoms with E-state index in [2.05, 4.69) is 10.5 Å². The molecule has 1 N–H and O–H groups in total. The molecule has 0 saturated heterocycles. The molecule has 0 spiro atoms. The number of methoxy groups -OCH3 is 2. The second-order valence-electron chi connectivity index (χ2n) is 4.41. The van der Waals surface area contributed by atoms with Crippen molar-refractivity contribution in [3.63, 3.8) is 0 Å². The van der Waals surface area contributed by atoms with Crippen molar-refractivity contribution in [1.29, 1.82) is 0 Å². The molecule has 0 aliphatic carbocycles. The Labute approximate surface area is 147 Å². The Bertz CT molecular complexity index is 863. The van der Waals surface area contributed by atoms with Gasteiger partial charge in [-0.25, -0.2) is 0 Å². The van der Waals surface area contributed by atoms with Crippen LogP contribution in [0.15, 0.2) is 17.2 Å². The van der Waals surface area contributed by atoms with Gasteiger partial charge in [-0.15, -0.1) is 10.2 Å². The second-order valence-corrected chi connectivity index (χ2v) is 6.40. The van der Waals surface area contributed by atoms with Crippen molar-refractivity contribution >= 4 is 50.4 Å². The molecule has 3 heterocycles. The number of hydrazine groups is 2. The molecule has 1 aliphatic rings. The van der Waals surface area contributed by atoms with Gasteiger partial charge in [0.2, 0.25) is 10.0 Å². The SMILES string of the molecule is COc1cc([N+](=O)[O-])c(N2N=CNN2c2sc(OC)cc2[N+](=O)[O-])s1. The van der Waals surface area contributed by atoms with Gasteiger partial charge >= 0.3 is 11.4 Å². The third-order valence-electron chi connectivity index (χ3n) is 3.05. The zero-order valence-corrected chi connectivity index (χ0v) is 14.4. The van der Waals surface area contributed by atoms with Crippen molar-refractivity contribution in [2.45, 2.75) is 0 Å². The number of nitro groups is 2. The number of hydrogen-bond acceptors (Lipinski definition) is 12. The largest absolute Gasteiger partial charge is 0.487 e. The number of thiophene rings is 2. The van der Waals surface area contributed by atoms with Crippen molar-refractivity contribution in [2.75, 3.05) is 24.5 Å². The highest BCUT2D eigenvalue weighted by molar-refractivity contribution is 7.19. The number of hydrazone groups is 1. The van der Waals surface area contributed by atoms with E-state index in [0.29, 0.717) is 10.1 Å². The first-order valence-electron chi connectivity index (χ1n) is 6.49. The Hall–Kier alpha value is -3.13. The van der Waals surface area contributed by atoms with Crippen LogP contribution in [0.25, 0.3) is 0 Å². The maximum Gasteiger partial charge on any atom is 0.311 e. The molecule has 14 heteroatoms. The molecule has 1 aliphatic heterocycles. The van der Waals surface area contributed by atoms with Crippen LogP contribution in [-0.2, 0) is 0 Å². The predicted octanol–water partition coefficient (Wildman–Crippen LogP) is 2.33. The lowest BCUT2D eigenvalue weighted by atomic mass is 10.5. The lowest BCUT2D eigenvalue weighted by Gasteiger charge is -2.23. The van der Waals surface area contributed by atoms with Gasteiger partial charge in [-0.3, -0.25) is 25.7 Å². The molecule has 0 unspecified atom stereocenters. The number of rotatable bonds is 6. The average molecular weight is 386 g/mol. The van der Waals surface area contributed by atoms with Crippen molar-refractivity contribution < 1.29 is 19.3 Å². The van der Waals surface area contributed by atoms with Crippen LogP contribution in [0.2, 0.25) is 0 Å². The van der Waals surface area contributed by atoms with E-state index in [4.69, 9.17) is 9.47 Å². The van der Waals surface area contributed by atoms with Crippen LogP contribution in [0, 0.1) is 20.2 Å². The summed E-state index contributed by atoms with van der Waals surface area (Å²) in [6, 6.07) is 2.52. The lowest BCUT2D eigenvalue weighted by Crippen LogP contribution is -2.42. The maximum absolute atomic E-state index is 11.3. The molecule has 0 amide bonds. The van der Waals surface area contributed by atoms with Gasteiger partial charge in [0.15, 0.2) is 10.1 Å². The second kappa shape index (κ2) is 6.40. The van der Waals surface area contributed by atoms with Crippen molar-refractivity contribution in [3.05, 3.63) is 32.4 Å². The fourth-order valence-corrected chi connectivity index (χ4v) is 3.78. The van der Waals surface area contributed by atoms with E-state index >= 15 is 0 Å². The first kappa shape index (κ1) is 16.7. The molecule has 132 valence electrons. The minimum atomic E-state index is -0.580. The van der Waals surface area contributed by atoms with Crippen molar-refractivity contribution in [2.24, 2.45) is 5.10 Å². The smallest absolute Gasteiger partial charge is 0.311 e. The Balaban J connectivity index is 2.06. The average Bonchev–Trinajstić information content (AvgIpc) is 3.29. The minimum absolute atomic E-state index is 0.129. The maximum atomic E-state index is 11.3. The standard InChI is InChI=1S/C11H10N6O6S2/c1-22-8-3-6(16(18)19)10(24-8)14-12-5-13-15(14)11-7(17(20)21)4-9(23-2)25-11/h3-5H,1-2H3,(H,12,13). The zero-order chi connectivity index (χ0) is 18.1. The number of anilines is 2. The third kappa shape index (κ3) is 2.87. The van der Waals surface area contributed by atoms with Crippen LogP contribution in [0.3, 0.4) is 0 Å². The summed E-state index contributed by atoms with van der Waals surface area (Å²) in [7, 11) is 2.78. The number of nitrogens with zero attached hydrogens (tertiary/aromatic N) is 5. The Kier molecular flexibility index (Phi) is 4.28. The molecule has 2 aromatic rings. The van der Waals surface area contributed by atoms with Gasteiger partial charge in [0, 0.05) is 0 Å². The van der Waals surface area contributed by atoms with Crippen LogP contribution in [0.1, 0.15) is 0 Å². The minimum Gasteiger partial charge on any atom is -0.487 e. The fourth-order valence-electron chi connectivity index (χ4n) is 1.99. The zero-order valence-electron chi connectivity index (χ0n) is 12.7. The van der Waals surface area contributed by atoms with Gasteiger partial charge in [0.05, 0.1) is 36.2 Å². The summed E-state index contributed by atoms with van der Waals surface area (Å²) in [5.74, 6) is 0. The van der Waals surface area contributed by atoms with Gasteiger partial charge in [-0.1, -0.05) is 22.7 Å². The van der Waals surface area contributed by atoms with Gasteiger partial charge in [0.1, 0.15) is 6.34 Å². The molecule has 0 radical (unpaired) electrons. The van der Waals surface area contributed by atoms with E-state index < -0.39 is 9.85 Å². The van der Waals surface area contributed by atoms with E-state index in [1.807, 2.05) is 0 Å². The summed E-state index contributed by atoms with van der Waals surface area (Å²) in [4.78, 5) is 21.4. The summed E-state index contributed by atoms with van der Waals surface area (Å²) in [6.07, 6.45) is 1.26. The molecule has 2 aromatic heterocycles. The molecule has 12 nitrogen and oxygen atoms in total. The highest BCUT2D eigenvalue weighted by atomic mass is 32.1. The van der Waals surface area contributed by atoms with E-state index in [1.54, 1.807) is 0 Å².